The van der Waals surface area contributed by atoms with Crippen LogP contribution in [0.15, 0.2) is 83.9 Å². The highest BCUT2D eigenvalue weighted by atomic mass is 16.5. The number of carbonyl (C=O) groups is 1. The molecule has 1 heterocycles. The van der Waals surface area contributed by atoms with E-state index in [9.17, 15) is 0 Å². The second-order valence-corrected chi connectivity index (χ2v) is 8.38. The molecule has 0 saturated carbocycles. The number of hydrogen-bond donors (Lipinski definition) is 3. The van der Waals surface area contributed by atoms with Crippen LogP contribution in [0.4, 0.5) is 5.69 Å². The van der Waals surface area contributed by atoms with Gasteiger partial charge >= 0.3 is 0 Å². The van der Waals surface area contributed by atoms with Crippen LogP contribution in [0.3, 0.4) is 0 Å². The van der Waals surface area contributed by atoms with Gasteiger partial charge in [0.2, 0.25) is 0 Å². The van der Waals surface area contributed by atoms with Crippen LogP contribution in [0.2, 0.25) is 0 Å². The summed E-state index contributed by atoms with van der Waals surface area (Å²) >= 11 is 0. The fourth-order valence-electron chi connectivity index (χ4n) is 3.90. The third-order valence-electron chi connectivity index (χ3n) is 5.83. The molecule has 1 aliphatic heterocycles. The Kier molecular flexibility index (Phi) is 17.7. The number of hydrogen-bond acceptors (Lipinski definition) is 7. The summed E-state index contributed by atoms with van der Waals surface area (Å²) in [6.07, 6.45) is 0.851. The molecule has 2 atom stereocenters. The molecule has 3 aromatic carbocycles. The quantitative estimate of drug-likeness (QED) is 0.400. The largest absolute Gasteiger partial charge is 0.497 e. The van der Waals surface area contributed by atoms with E-state index in [-0.39, 0.29) is 20.4 Å². The van der Waals surface area contributed by atoms with Gasteiger partial charge in [0.15, 0.2) is 0 Å². The minimum atomic E-state index is 0. The van der Waals surface area contributed by atoms with Gasteiger partial charge in [0.05, 0.1) is 19.2 Å². The van der Waals surface area contributed by atoms with Crippen LogP contribution in [0.1, 0.15) is 26.5 Å². The number of amidine groups is 1. The van der Waals surface area contributed by atoms with Crippen LogP contribution >= 0.6 is 0 Å². The number of aliphatic imine (C=N–C) groups is 1. The van der Waals surface area contributed by atoms with Crippen molar-refractivity contribution >= 4 is 18.3 Å². The van der Waals surface area contributed by atoms with Gasteiger partial charge in [-0.25, -0.2) is 0 Å². The Morgan fingerprint density at radius 1 is 1.05 bits per heavy atom. The van der Waals surface area contributed by atoms with Crippen molar-refractivity contribution in [3.63, 3.8) is 0 Å². The van der Waals surface area contributed by atoms with Crippen LogP contribution in [0.5, 0.6) is 5.75 Å². The van der Waals surface area contributed by atoms with Crippen LogP contribution < -0.4 is 20.7 Å². The standard InChI is InChI=1S/C20H26N4O.C8H10.CH4O.CH2O.H2O.2H2/c1-15-13-24(17-9-6-10-18(12-17)25-2)20(23-15)19(22-14-21)11-16-7-4-3-5-8-16;1-7-5-3-4-6-8(7)2;2*1-2;;;/h3-10,12,15,19,22H,11,13-14,21H2,1-2H3;3-6H,1-2H3;2H,1H3;1H2;1H2;2*1H/t15?,19-;;;;;;/m0....../s1. The maximum atomic E-state index is 8.00. The molecule has 6 N–H and O–H groups in total. The topological polar surface area (TPSA) is 132 Å². The molecule has 0 aliphatic carbocycles. The number of ether oxygens (including phenoxy) is 1. The third-order valence-corrected chi connectivity index (χ3v) is 5.83. The molecule has 38 heavy (non-hydrogen) atoms. The summed E-state index contributed by atoms with van der Waals surface area (Å²) in [5.41, 5.74) is 10.9. The lowest BCUT2D eigenvalue weighted by Crippen LogP contribution is -2.48. The summed E-state index contributed by atoms with van der Waals surface area (Å²) in [4.78, 5) is 15.2. The molecule has 0 saturated heterocycles. The molecule has 8 heteroatoms. The molecule has 0 aromatic heterocycles. The fraction of sp³-hybridized carbons (Fsp3) is 0.333. The van der Waals surface area contributed by atoms with E-state index in [0.29, 0.717) is 6.67 Å². The monoisotopic (exact) mass is 528 g/mol. The molecular formula is C30H48N4O4. The van der Waals surface area contributed by atoms with Gasteiger partial charge in [-0.3, -0.25) is 10.3 Å². The van der Waals surface area contributed by atoms with Gasteiger partial charge in [0, 0.05) is 34.9 Å². The second kappa shape index (κ2) is 19.5. The Bertz CT molecular complexity index is 1050. The van der Waals surface area contributed by atoms with Crippen LogP contribution in [-0.2, 0) is 11.2 Å². The average molecular weight is 529 g/mol. The molecule has 4 rings (SSSR count). The second-order valence-electron chi connectivity index (χ2n) is 8.38. The molecule has 1 aliphatic rings. The zero-order valence-corrected chi connectivity index (χ0v) is 23.2. The van der Waals surface area contributed by atoms with Gasteiger partial charge in [-0.15, -0.1) is 0 Å². The summed E-state index contributed by atoms with van der Waals surface area (Å²) in [5.74, 6) is 1.89. The van der Waals surface area contributed by atoms with Crippen molar-refractivity contribution in [2.24, 2.45) is 10.7 Å². The van der Waals surface area contributed by atoms with Crippen molar-refractivity contribution in [2.45, 2.75) is 39.3 Å². The van der Waals surface area contributed by atoms with Gasteiger partial charge < -0.3 is 30.7 Å². The zero-order valence-electron chi connectivity index (χ0n) is 23.2. The number of nitrogens with one attached hydrogen (secondary N) is 1. The highest BCUT2D eigenvalue weighted by Gasteiger charge is 2.29. The first-order valence-electron chi connectivity index (χ1n) is 12.2. The van der Waals surface area contributed by atoms with Crippen molar-refractivity contribution in [3.8, 4) is 5.75 Å². The Labute approximate surface area is 230 Å². The SMILES string of the molecule is C=O.CO.COc1cccc(N2CC(C)N=C2[C@H](Cc2ccccc2)NCN)c1.Cc1ccccc1C.O.[HH].[HH]. The lowest BCUT2D eigenvalue weighted by molar-refractivity contribution is -0.0980. The van der Waals surface area contributed by atoms with E-state index in [4.69, 9.17) is 25.4 Å². The van der Waals surface area contributed by atoms with E-state index in [1.165, 1.54) is 16.7 Å². The molecule has 1 unspecified atom stereocenters. The van der Waals surface area contributed by atoms with Gasteiger partial charge in [0.25, 0.3) is 0 Å². The van der Waals surface area contributed by atoms with E-state index in [1.54, 1.807) is 7.11 Å². The van der Waals surface area contributed by atoms with Crippen molar-refractivity contribution in [3.05, 3.63) is 95.6 Å². The average Bonchev–Trinajstić information content (AvgIpc) is 3.35. The summed E-state index contributed by atoms with van der Waals surface area (Å²) in [6.45, 7) is 9.66. The number of anilines is 1. The molecule has 0 radical (unpaired) electrons. The summed E-state index contributed by atoms with van der Waals surface area (Å²) < 4.78 is 5.38. The Morgan fingerprint density at radius 2 is 1.63 bits per heavy atom. The first-order valence-corrected chi connectivity index (χ1v) is 12.2. The lowest BCUT2D eigenvalue weighted by atomic mass is 10.0. The van der Waals surface area contributed by atoms with Crippen molar-refractivity contribution in [1.29, 1.82) is 0 Å². The van der Waals surface area contributed by atoms with Crippen LogP contribution in [0, 0.1) is 13.8 Å². The molecule has 3 aromatic rings. The molecule has 212 valence electrons. The van der Waals surface area contributed by atoms with Crippen molar-refractivity contribution < 1.29 is 23.0 Å². The minimum absolute atomic E-state index is 0. The third kappa shape index (κ3) is 10.8. The normalized spacial score (nSPS) is 14.1. The highest BCUT2D eigenvalue weighted by Crippen LogP contribution is 2.26. The smallest absolute Gasteiger partial charge is 0.121 e. The zero-order chi connectivity index (χ0) is 27.6. The maximum Gasteiger partial charge on any atom is 0.121 e. The van der Waals surface area contributed by atoms with Gasteiger partial charge in [-0.05, 0) is 56.0 Å². The molecule has 0 fully saturated rings. The minimum Gasteiger partial charge on any atom is -0.497 e. The Morgan fingerprint density at radius 3 is 2.16 bits per heavy atom. The number of rotatable bonds is 7. The Hall–Kier alpha value is -3.56. The number of aliphatic hydroxyl groups excluding tert-OH is 1. The first kappa shape index (κ1) is 34.4. The molecule has 0 spiro atoms. The van der Waals surface area contributed by atoms with Crippen molar-refractivity contribution in [2.75, 3.05) is 32.3 Å². The number of aryl methyl sites for hydroxylation is 2. The number of benzene rings is 3. The molecular weight excluding hydrogens is 480 g/mol. The summed E-state index contributed by atoms with van der Waals surface area (Å²) in [5, 5.41) is 10.4. The first-order chi connectivity index (χ1) is 18.0. The summed E-state index contributed by atoms with van der Waals surface area (Å²) in [7, 11) is 2.69. The van der Waals surface area contributed by atoms with E-state index in [0.717, 1.165) is 37.3 Å². The predicted octanol–water partition coefficient (Wildman–Crippen LogP) is 3.81. The number of nitrogens with two attached hydrogens (primary N) is 1. The molecule has 0 bridgehead atoms. The predicted molar refractivity (Wildman–Crippen MR) is 162 cm³/mol. The van der Waals surface area contributed by atoms with Gasteiger partial charge in [-0.2, -0.15) is 0 Å². The van der Waals surface area contributed by atoms with E-state index in [2.05, 4.69) is 91.7 Å². The maximum absolute atomic E-state index is 8.00. The number of aliphatic hydroxyl groups is 1. The van der Waals surface area contributed by atoms with E-state index >= 15 is 0 Å². The fourth-order valence-corrected chi connectivity index (χ4v) is 3.90. The number of nitrogens with zero attached hydrogens (tertiary/aromatic N) is 2. The van der Waals surface area contributed by atoms with Crippen LogP contribution in [-0.4, -0.2) is 62.7 Å². The number of methoxy groups -OCH3 is 1. The number of carbonyl (C=O) groups excluding carboxylic acids is 1. The lowest BCUT2D eigenvalue weighted by Gasteiger charge is -2.27. The van der Waals surface area contributed by atoms with Crippen molar-refractivity contribution in [1.82, 2.24) is 5.32 Å². The van der Waals surface area contributed by atoms with E-state index < -0.39 is 0 Å². The van der Waals surface area contributed by atoms with Crippen LogP contribution in [0.25, 0.3) is 0 Å². The Balaban J connectivity index is -0.000000778. The molecule has 8 nitrogen and oxygen atoms in total. The highest BCUT2D eigenvalue weighted by molar-refractivity contribution is 6.03. The van der Waals surface area contributed by atoms with E-state index in [1.807, 2.05) is 25.0 Å². The summed E-state index contributed by atoms with van der Waals surface area (Å²) in [6, 6.07) is 27.2. The molecule has 0 amide bonds. The van der Waals surface area contributed by atoms with Gasteiger partial charge in [-0.1, -0.05) is 60.7 Å². The van der Waals surface area contributed by atoms with Gasteiger partial charge in [0.1, 0.15) is 18.4 Å².